The quantitative estimate of drug-likeness (QED) is 0.737. The van der Waals surface area contributed by atoms with Crippen LogP contribution in [0.5, 0.6) is 0 Å². The molecule has 2 nitrogen and oxygen atoms in total. The minimum absolute atomic E-state index is 0.463. The first kappa shape index (κ1) is 10.6. The van der Waals surface area contributed by atoms with Crippen LogP contribution >= 0.6 is 27.5 Å². The molecule has 2 rings (SSSR count). The molecule has 0 aliphatic carbocycles. The average Bonchev–Trinajstić information content (AvgIpc) is 2.17. The highest BCUT2D eigenvalue weighted by atomic mass is 79.9. The van der Waals surface area contributed by atoms with Gasteiger partial charge in [-0.05, 0) is 34.5 Å². The van der Waals surface area contributed by atoms with Crippen LogP contribution in [0.1, 0.15) is 12.6 Å². The molecule has 0 radical (unpaired) electrons. The molecule has 0 atom stereocenters. The van der Waals surface area contributed by atoms with E-state index < -0.39 is 0 Å². The van der Waals surface area contributed by atoms with Gasteiger partial charge in [-0.25, -0.2) is 4.98 Å². The molecule has 76 valence electrons. The first-order valence-electron chi connectivity index (χ1n) is 4.35. The molecule has 2 aromatic rings. The fourth-order valence-corrected chi connectivity index (χ4v) is 1.99. The van der Waals surface area contributed by atoms with Crippen molar-refractivity contribution in [2.45, 2.75) is 6.92 Å². The lowest BCUT2D eigenvalue weighted by Crippen LogP contribution is -1.90. The smallest absolute Gasteiger partial charge is 0.129 e. The van der Waals surface area contributed by atoms with Crippen LogP contribution in [0.2, 0.25) is 5.15 Å². The molecule has 15 heavy (non-hydrogen) atoms. The summed E-state index contributed by atoms with van der Waals surface area (Å²) in [5.41, 5.74) is 1.77. The maximum Gasteiger partial charge on any atom is 0.129 e. The van der Waals surface area contributed by atoms with Gasteiger partial charge in [-0.3, -0.25) is 4.98 Å². The zero-order chi connectivity index (χ0) is 11.0. The lowest BCUT2D eigenvalue weighted by molar-refractivity contribution is 1.27. The minimum Gasteiger partial charge on any atom is -0.255 e. The van der Waals surface area contributed by atoms with E-state index in [-0.39, 0.29) is 0 Å². The molecule has 0 saturated heterocycles. The number of allylic oxidation sites excluding steroid dienone is 1. The normalized spacial score (nSPS) is 10.6. The first-order chi connectivity index (χ1) is 7.09. The molecule has 0 aromatic carbocycles. The third-order valence-electron chi connectivity index (χ3n) is 2.09. The van der Waals surface area contributed by atoms with Crippen LogP contribution in [0.4, 0.5) is 0 Å². The zero-order valence-corrected chi connectivity index (χ0v) is 10.4. The van der Waals surface area contributed by atoms with Gasteiger partial charge >= 0.3 is 0 Å². The topological polar surface area (TPSA) is 25.8 Å². The predicted molar refractivity (Wildman–Crippen MR) is 67.0 cm³/mol. The third-order valence-corrected chi connectivity index (χ3v) is 2.93. The van der Waals surface area contributed by atoms with Gasteiger partial charge in [-0.2, -0.15) is 0 Å². The van der Waals surface area contributed by atoms with E-state index in [0.29, 0.717) is 5.15 Å². The molecule has 0 bridgehead atoms. The van der Waals surface area contributed by atoms with E-state index in [9.17, 15) is 0 Å². The summed E-state index contributed by atoms with van der Waals surface area (Å²) in [5, 5.41) is 2.43. The summed E-state index contributed by atoms with van der Waals surface area (Å²) in [7, 11) is 0. The standard InChI is InChI=1S/C11H8BrClN2/c1-6(2)11-7-3-10(13)14-4-8(7)9(12)5-15-11/h3-5H,1H2,2H3. The van der Waals surface area contributed by atoms with Crippen molar-refractivity contribution < 1.29 is 0 Å². The van der Waals surface area contributed by atoms with Crippen molar-refractivity contribution in [2.24, 2.45) is 0 Å². The molecule has 0 aliphatic rings. The lowest BCUT2D eigenvalue weighted by Gasteiger charge is -2.06. The lowest BCUT2D eigenvalue weighted by atomic mass is 10.1. The van der Waals surface area contributed by atoms with Gasteiger partial charge in [-0.1, -0.05) is 18.2 Å². The predicted octanol–water partition coefficient (Wildman–Crippen LogP) is 4.08. The second-order valence-electron chi connectivity index (χ2n) is 3.29. The second kappa shape index (κ2) is 3.91. The van der Waals surface area contributed by atoms with Crippen molar-refractivity contribution in [1.29, 1.82) is 0 Å². The number of nitrogens with zero attached hydrogens (tertiary/aromatic N) is 2. The average molecular weight is 284 g/mol. The van der Waals surface area contributed by atoms with Gasteiger partial charge in [0.15, 0.2) is 0 Å². The van der Waals surface area contributed by atoms with Gasteiger partial charge in [0.05, 0.1) is 5.69 Å². The summed E-state index contributed by atoms with van der Waals surface area (Å²) in [5.74, 6) is 0. The Morgan fingerprint density at radius 3 is 2.73 bits per heavy atom. The fourth-order valence-electron chi connectivity index (χ4n) is 1.42. The molecule has 2 aromatic heterocycles. The van der Waals surface area contributed by atoms with Crippen LogP contribution in [0.15, 0.2) is 29.5 Å². The molecular weight excluding hydrogens is 275 g/mol. The number of halogens is 2. The first-order valence-corrected chi connectivity index (χ1v) is 5.52. The Kier molecular flexibility index (Phi) is 2.76. The fraction of sp³-hybridized carbons (Fsp3) is 0.0909. The van der Waals surface area contributed by atoms with Crippen molar-refractivity contribution in [3.05, 3.63) is 40.4 Å². The summed E-state index contributed by atoms with van der Waals surface area (Å²) in [6, 6.07) is 1.80. The summed E-state index contributed by atoms with van der Waals surface area (Å²) in [4.78, 5) is 8.36. The van der Waals surface area contributed by atoms with Crippen molar-refractivity contribution in [2.75, 3.05) is 0 Å². The SMILES string of the molecule is C=C(C)c1ncc(Br)c2cnc(Cl)cc12. The number of fused-ring (bicyclic) bond motifs is 1. The van der Waals surface area contributed by atoms with Crippen molar-refractivity contribution in [3.8, 4) is 0 Å². The largest absolute Gasteiger partial charge is 0.255 e. The monoisotopic (exact) mass is 282 g/mol. The maximum atomic E-state index is 5.86. The number of hydrogen-bond donors (Lipinski definition) is 0. The zero-order valence-electron chi connectivity index (χ0n) is 8.09. The number of pyridine rings is 2. The van der Waals surface area contributed by atoms with Crippen LogP contribution in [0, 0.1) is 0 Å². The van der Waals surface area contributed by atoms with Crippen molar-refractivity contribution in [3.63, 3.8) is 0 Å². The van der Waals surface area contributed by atoms with Gasteiger partial charge in [-0.15, -0.1) is 0 Å². The van der Waals surface area contributed by atoms with Gasteiger partial charge in [0.2, 0.25) is 0 Å². The summed E-state index contributed by atoms with van der Waals surface area (Å²) in [6.45, 7) is 5.81. The summed E-state index contributed by atoms with van der Waals surface area (Å²) in [6.07, 6.45) is 3.48. The van der Waals surface area contributed by atoms with Crippen molar-refractivity contribution in [1.82, 2.24) is 9.97 Å². The molecule has 0 aliphatic heterocycles. The van der Waals surface area contributed by atoms with Gasteiger partial charge in [0.25, 0.3) is 0 Å². The van der Waals surface area contributed by atoms with E-state index in [2.05, 4.69) is 32.5 Å². The molecule has 0 N–H and O–H groups in total. The Morgan fingerprint density at radius 1 is 1.33 bits per heavy atom. The molecule has 0 spiro atoms. The maximum absolute atomic E-state index is 5.86. The van der Waals surface area contributed by atoms with E-state index in [0.717, 1.165) is 26.5 Å². The number of hydrogen-bond acceptors (Lipinski definition) is 2. The van der Waals surface area contributed by atoms with Crippen molar-refractivity contribution >= 4 is 43.9 Å². The Labute approximate surface area is 101 Å². The highest BCUT2D eigenvalue weighted by molar-refractivity contribution is 9.10. The third kappa shape index (κ3) is 1.90. The molecule has 2 heterocycles. The molecule has 4 heteroatoms. The molecule has 0 saturated carbocycles. The van der Waals surface area contributed by atoms with E-state index in [4.69, 9.17) is 11.6 Å². The molecule has 0 fully saturated rings. The Balaban J connectivity index is 2.90. The highest BCUT2D eigenvalue weighted by Crippen LogP contribution is 2.28. The highest BCUT2D eigenvalue weighted by Gasteiger charge is 2.07. The minimum atomic E-state index is 0.463. The van der Waals surface area contributed by atoms with E-state index in [1.165, 1.54) is 0 Å². The number of rotatable bonds is 1. The van der Waals surface area contributed by atoms with E-state index in [1.807, 2.05) is 6.92 Å². The van der Waals surface area contributed by atoms with Crippen LogP contribution in [0.25, 0.3) is 16.3 Å². The Bertz CT molecular complexity index is 552. The van der Waals surface area contributed by atoms with Crippen LogP contribution in [-0.2, 0) is 0 Å². The van der Waals surface area contributed by atoms with E-state index >= 15 is 0 Å². The second-order valence-corrected chi connectivity index (χ2v) is 4.53. The van der Waals surface area contributed by atoms with Crippen LogP contribution in [-0.4, -0.2) is 9.97 Å². The van der Waals surface area contributed by atoms with Gasteiger partial charge < -0.3 is 0 Å². The van der Waals surface area contributed by atoms with Crippen LogP contribution < -0.4 is 0 Å². The summed E-state index contributed by atoms with van der Waals surface area (Å²) >= 11 is 9.29. The molecule has 0 amide bonds. The Hall–Kier alpha value is -0.930. The van der Waals surface area contributed by atoms with Gasteiger partial charge in [0, 0.05) is 27.6 Å². The van der Waals surface area contributed by atoms with E-state index in [1.54, 1.807) is 18.5 Å². The molecular formula is C11H8BrClN2. The number of aromatic nitrogens is 2. The summed E-state index contributed by atoms with van der Waals surface area (Å²) < 4.78 is 0.909. The molecule has 0 unspecified atom stereocenters. The van der Waals surface area contributed by atoms with Gasteiger partial charge in [0.1, 0.15) is 5.15 Å². The van der Waals surface area contributed by atoms with Crippen LogP contribution in [0.3, 0.4) is 0 Å². The Morgan fingerprint density at radius 2 is 2.07 bits per heavy atom.